The summed E-state index contributed by atoms with van der Waals surface area (Å²) >= 11 is 12.0. The van der Waals surface area contributed by atoms with Crippen molar-refractivity contribution in [1.82, 2.24) is 5.32 Å². The third-order valence-corrected chi connectivity index (χ3v) is 5.03. The van der Waals surface area contributed by atoms with Gasteiger partial charge in [0.2, 0.25) is 0 Å². The van der Waals surface area contributed by atoms with Crippen molar-refractivity contribution in [1.29, 1.82) is 0 Å². The number of carbonyl (C=O) groups excluding carboxylic acids is 2. The first-order valence-corrected chi connectivity index (χ1v) is 9.94. The summed E-state index contributed by atoms with van der Waals surface area (Å²) in [5.74, 6) is -0.320. The molecule has 0 aromatic heterocycles. The van der Waals surface area contributed by atoms with E-state index in [4.69, 9.17) is 33.7 Å². The maximum Gasteiger partial charge on any atom is 0.405 e. The minimum Gasteiger partial charge on any atom is -0.436 e. The number of carbonyl (C=O) groups is 2. The molecule has 0 spiro atoms. The highest BCUT2D eigenvalue weighted by atomic mass is 35.5. The first-order valence-electron chi connectivity index (χ1n) is 9.19. The van der Waals surface area contributed by atoms with Crippen molar-refractivity contribution in [3.05, 3.63) is 58.1 Å². The summed E-state index contributed by atoms with van der Waals surface area (Å²) in [6.45, 7) is 2.44. The number of nitrogens with two attached hydrogens (primary N) is 1. The molecule has 0 radical (unpaired) electrons. The average Bonchev–Trinajstić information content (AvgIpc) is 2.67. The molecule has 3 N–H and O–H groups in total. The molecule has 5 nitrogen and oxygen atoms in total. The summed E-state index contributed by atoms with van der Waals surface area (Å²) < 4.78 is 4.91. The van der Waals surface area contributed by atoms with Crippen LogP contribution < -0.4 is 11.1 Å². The van der Waals surface area contributed by atoms with Crippen molar-refractivity contribution < 1.29 is 14.3 Å². The van der Waals surface area contributed by atoms with Crippen LogP contribution in [0.4, 0.5) is 4.79 Å². The van der Waals surface area contributed by atoms with Crippen molar-refractivity contribution in [3.8, 4) is 11.1 Å². The van der Waals surface area contributed by atoms with Crippen LogP contribution in [-0.2, 0) is 16.0 Å². The number of benzene rings is 2. The lowest BCUT2D eigenvalue weighted by atomic mass is 10.0. The Labute approximate surface area is 175 Å². The van der Waals surface area contributed by atoms with Gasteiger partial charge in [0.15, 0.2) is 6.10 Å². The lowest BCUT2D eigenvalue weighted by Crippen LogP contribution is -2.39. The van der Waals surface area contributed by atoms with Gasteiger partial charge in [-0.2, -0.15) is 0 Å². The molecular weight excluding hydrogens is 399 g/mol. The van der Waals surface area contributed by atoms with Gasteiger partial charge >= 0.3 is 6.09 Å². The number of halogens is 2. The Morgan fingerprint density at radius 1 is 1.07 bits per heavy atom. The van der Waals surface area contributed by atoms with Crippen molar-refractivity contribution >= 4 is 35.2 Å². The highest BCUT2D eigenvalue weighted by Gasteiger charge is 2.20. The van der Waals surface area contributed by atoms with E-state index >= 15 is 0 Å². The minimum atomic E-state index is -0.936. The van der Waals surface area contributed by atoms with Crippen molar-refractivity contribution in [2.75, 3.05) is 6.54 Å². The number of ether oxygens (including phenoxy) is 1. The number of hydrogen-bond donors (Lipinski definition) is 2. The zero-order chi connectivity index (χ0) is 20.5. The predicted molar refractivity (Wildman–Crippen MR) is 113 cm³/mol. The molecule has 2 aromatic carbocycles. The molecule has 0 saturated heterocycles. The third-order valence-electron chi connectivity index (χ3n) is 4.29. The Morgan fingerprint density at radius 2 is 1.75 bits per heavy atom. The van der Waals surface area contributed by atoms with E-state index in [1.54, 1.807) is 6.07 Å². The van der Waals surface area contributed by atoms with Crippen molar-refractivity contribution in [3.63, 3.8) is 0 Å². The molecule has 7 heteroatoms. The first-order chi connectivity index (χ1) is 13.4. The zero-order valence-corrected chi connectivity index (χ0v) is 17.2. The summed E-state index contributed by atoms with van der Waals surface area (Å²) in [4.78, 5) is 23.2. The van der Waals surface area contributed by atoms with Gasteiger partial charge in [-0.15, -0.1) is 0 Å². The van der Waals surface area contributed by atoms with E-state index < -0.39 is 12.2 Å². The van der Waals surface area contributed by atoms with Gasteiger partial charge in [-0.05, 0) is 48.1 Å². The fraction of sp³-hybridized carbons (Fsp3) is 0.333. The first kappa shape index (κ1) is 22.1. The molecule has 0 aliphatic rings. The molecule has 0 heterocycles. The summed E-state index contributed by atoms with van der Waals surface area (Å²) in [5.41, 5.74) is 8.13. The van der Waals surface area contributed by atoms with E-state index in [0.29, 0.717) is 29.4 Å². The van der Waals surface area contributed by atoms with Crippen molar-refractivity contribution in [2.24, 2.45) is 5.73 Å². The van der Waals surface area contributed by atoms with Gasteiger partial charge in [0.1, 0.15) is 0 Å². The van der Waals surface area contributed by atoms with Gasteiger partial charge in [-0.3, -0.25) is 4.79 Å². The predicted octanol–water partition coefficient (Wildman–Crippen LogP) is 4.97. The Balaban J connectivity index is 1.89. The van der Waals surface area contributed by atoms with Crippen LogP contribution in [0.3, 0.4) is 0 Å². The molecular formula is C21H24Cl2N2O3. The summed E-state index contributed by atoms with van der Waals surface area (Å²) in [5, 5.41) is 3.84. The highest BCUT2D eigenvalue weighted by Crippen LogP contribution is 2.28. The van der Waals surface area contributed by atoms with E-state index in [1.807, 2.05) is 43.3 Å². The number of nitrogens with one attached hydrogen (secondary N) is 1. The maximum atomic E-state index is 12.2. The number of primary amides is 1. The Hall–Kier alpha value is -2.24. The largest absolute Gasteiger partial charge is 0.436 e. The molecule has 1 atom stereocenters. The van der Waals surface area contributed by atoms with Gasteiger partial charge in [-0.1, -0.05) is 66.9 Å². The van der Waals surface area contributed by atoms with Crippen LogP contribution in [0.15, 0.2) is 42.5 Å². The van der Waals surface area contributed by atoms with Gasteiger partial charge in [0.25, 0.3) is 5.91 Å². The topological polar surface area (TPSA) is 81.4 Å². The standard InChI is InChI=1S/C21H24Cl2N2O3/c1-2-3-4-19(28-21(24)27)20(26)25-12-11-14-5-7-15(8-6-14)16-9-10-17(22)18(23)13-16/h5-10,13,19H,2-4,11-12H2,1H3,(H2,24,27)(H,25,26)/t19-/m0/s1. The third kappa shape index (κ3) is 6.73. The second kappa shape index (κ2) is 10.9. The van der Waals surface area contributed by atoms with E-state index in [2.05, 4.69) is 5.32 Å². The number of hydrogen-bond acceptors (Lipinski definition) is 3. The number of amides is 2. The molecule has 150 valence electrons. The molecule has 0 aliphatic heterocycles. The Morgan fingerprint density at radius 3 is 2.36 bits per heavy atom. The van der Waals surface area contributed by atoms with Crippen LogP contribution in [0.2, 0.25) is 10.0 Å². The number of unbranched alkanes of at least 4 members (excludes halogenated alkanes) is 1. The van der Waals surface area contributed by atoms with E-state index in [-0.39, 0.29) is 5.91 Å². The fourth-order valence-corrected chi connectivity index (χ4v) is 3.05. The fourth-order valence-electron chi connectivity index (χ4n) is 2.76. The molecule has 2 rings (SSSR count). The molecule has 0 saturated carbocycles. The lowest BCUT2D eigenvalue weighted by Gasteiger charge is -2.16. The second-order valence-corrected chi connectivity index (χ2v) is 7.25. The molecule has 28 heavy (non-hydrogen) atoms. The summed E-state index contributed by atoms with van der Waals surface area (Å²) in [6, 6.07) is 13.5. The van der Waals surface area contributed by atoms with Crippen LogP contribution in [0.1, 0.15) is 31.7 Å². The SMILES string of the molecule is CCCC[C@H](OC(N)=O)C(=O)NCCc1ccc(-c2ccc(Cl)c(Cl)c2)cc1. The molecule has 0 fully saturated rings. The normalized spacial score (nSPS) is 11.7. The van der Waals surface area contributed by atoms with E-state index in [9.17, 15) is 9.59 Å². The lowest BCUT2D eigenvalue weighted by molar-refractivity contribution is -0.129. The van der Waals surface area contributed by atoms with E-state index in [1.165, 1.54) is 0 Å². The minimum absolute atomic E-state index is 0.320. The van der Waals surface area contributed by atoms with E-state index in [0.717, 1.165) is 29.5 Å². The maximum absolute atomic E-state index is 12.2. The summed E-state index contributed by atoms with van der Waals surface area (Å²) in [6.07, 6.45) is 1.02. The van der Waals surface area contributed by atoms with Crippen LogP contribution in [0.5, 0.6) is 0 Å². The smallest absolute Gasteiger partial charge is 0.405 e. The van der Waals surface area contributed by atoms with Gasteiger partial charge in [0, 0.05) is 6.54 Å². The highest BCUT2D eigenvalue weighted by molar-refractivity contribution is 6.42. The van der Waals surface area contributed by atoms with Crippen molar-refractivity contribution in [2.45, 2.75) is 38.7 Å². The zero-order valence-electron chi connectivity index (χ0n) is 15.7. The average molecular weight is 423 g/mol. The van der Waals surface area contributed by atoms with Crippen LogP contribution in [0.25, 0.3) is 11.1 Å². The second-order valence-electron chi connectivity index (χ2n) is 6.43. The van der Waals surface area contributed by atoms with Crippen LogP contribution >= 0.6 is 23.2 Å². The monoisotopic (exact) mass is 422 g/mol. The molecule has 0 unspecified atom stereocenters. The molecule has 2 aromatic rings. The quantitative estimate of drug-likeness (QED) is 0.597. The number of rotatable bonds is 9. The molecule has 0 bridgehead atoms. The summed E-state index contributed by atoms with van der Waals surface area (Å²) in [7, 11) is 0. The van der Waals surface area contributed by atoms with Gasteiger partial charge in [0.05, 0.1) is 10.0 Å². The van der Waals surface area contributed by atoms with Crippen LogP contribution in [0, 0.1) is 0 Å². The van der Waals surface area contributed by atoms with Gasteiger partial charge < -0.3 is 15.8 Å². The molecule has 2 amide bonds. The molecule has 0 aliphatic carbocycles. The Kier molecular flexibility index (Phi) is 8.61. The van der Waals surface area contributed by atoms with Gasteiger partial charge in [-0.25, -0.2) is 4.79 Å². The Bertz CT molecular complexity index is 810. The van der Waals surface area contributed by atoms with Crippen LogP contribution in [-0.4, -0.2) is 24.6 Å².